The number of nitrogens with zero attached hydrogens (tertiary/aromatic N) is 1. The molecule has 1 heterocycles. The molecule has 1 fully saturated rings. The van der Waals surface area contributed by atoms with Crippen molar-refractivity contribution in [3.63, 3.8) is 0 Å². The average Bonchev–Trinajstić information content (AvgIpc) is 2.90. The highest BCUT2D eigenvalue weighted by molar-refractivity contribution is 7.92. The molecule has 178 valence electrons. The van der Waals surface area contributed by atoms with Crippen LogP contribution in [0.5, 0.6) is 0 Å². The molecule has 2 N–H and O–H groups in total. The van der Waals surface area contributed by atoms with Crippen molar-refractivity contribution in [2.24, 2.45) is 0 Å². The Morgan fingerprint density at radius 2 is 1.49 bits per heavy atom. The second-order valence-corrected chi connectivity index (χ2v) is 9.94. The van der Waals surface area contributed by atoms with E-state index in [1.165, 1.54) is 12.1 Å². The van der Waals surface area contributed by atoms with Gasteiger partial charge in [-0.15, -0.1) is 0 Å². The molecule has 0 atom stereocenters. The van der Waals surface area contributed by atoms with Crippen LogP contribution < -0.4 is 14.9 Å². The third-order valence-corrected chi connectivity index (χ3v) is 7.34. The minimum atomic E-state index is -3.79. The third-order valence-electron chi connectivity index (χ3n) is 5.96. The van der Waals surface area contributed by atoms with Gasteiger partial charge in [0.2, 0.25) is 0 Å². The molecular formula is C27H25N3O4S. The van der Waals surface area contributed by atoms with Crippen LogP contribution in [0.15, 0.2) is 95.9 Å². The van der Waals surface area contributed by atoms with E-state index in [0.29, 0.717) is 30.2 Å². The summed E-state index contributed by atoms with van der Waals surface area (Å²) in [6.07, 6.45) is 0. The first-order valence-electron chi connectivity index (χ1n) is 11.3. The van der Waals surface area contributed by atoms with Gasteiger partial charge >= 0.3 is 0 Å². The molecule has 1 aliphatic heterocycles. The van der Waals surface area contributed by atoms with E-state index in [1.54, 1.807) is 30.3 Å². The number of hydrogen-bond acceptors (Lipinski definition) is 5. The predicted molar refractivity (Wildman–Crippen MR) is 139 cm³/mol. The van der Waals surface area contributed by atoms with E-state index in [4.69, 9.17) is 4.74 Å². The summed E-state index contributed by atoms with van der Waals surface area (Å²) in [4.78, 5) is 15.0. The summed E-state index contributed by atoms with van der Waals surface area (Å²) in [5.74, 6) is -0.261. The minimum Gasteiger partial charge on any atom is -0.378 e. The Labute approximate surface area is 204 Å². The summed E-state index contributed by atoms with van der Waals surface area (Å²) in [7, 11) is -3.79. The van der Waals surface area contributed by atoms with Gasteiger partial charge in [-0.3, -0.25) is 9.52 Å². The maximum Gasteiger partial charge on any atom is 0.261 e. The zero-order chi connectivity index (χ0) is 24.3. The molecule has 0 aliphatic carbocycles. The summed E-state index contributed by atoms with van der Waals surface area (Å²) >= 11 is 0. The van der Waals surface area contributed by atoms with Crippen molar-refractivity contribution < 1.29 is 17.9 Å². The first-order chi connectivity index (χ1) is 17.0. The third kappa shape index (κ3) is 5.13. The first-order valence-corrected chi connectivity index (χ1v) is 12.8. The number of carbonyl (C=O) groups excluding carboxylic acids is 1. The highest BCUT2D eigenvalue weighted by Crippen LogP contribution is 2.26. The number of sulfonamides is 1. The Balaban J connectivity index is 1.26. The average molecular weight is 488 g/mol. The van der Waals surface area contributed by atoms with Gasteiger partial charge in [-0.1, -0.05) is 36.4 Å². The number of nitrogens with one attached hydrogen (secondary N) is 2. The van der Waals surface area contributed by atoms with E-state index >= 15 is 0 Å². The molecular weight excluding hydrogens is 462 g/mol. The monoisotopic (exact) mass is 487 g/mol. The lowest BCUT2D eigenvalue weighted by Gasteiger charge is -2.28. The molecule has 7 nitrogen and oxygen atoms in total. The summed E-state index contributed by atoms with van der Waals surface area (Å²) in [5.41, 5.74) is 2.60. The Hall–Kier alpha value is -3.88. The molecule has 1 amide bonds. The number of carbonyl (C=O) groups is 1. The van der Waals surface area contributed by atoms with Gasteiger partial charge in [-0.05, 0) is 60.0 Å². The van der Waals surface area contributed by atoms with E-state index in [2.05, 4.69) is 14.9 Å². The second-order valence-electron chi connectivity index (χ2n) is 8.26. The maximum atomic E-state index is 13.0. The number of fused-ring (bicyclic) bond motifs is 1. The predicted octanol–water partition coefficient (Wildman–Crippen LogP) is 4.73. The van der Waals surface area contributed by atoms with Crippen LogP contribution in [0.2, 0.25) is 0 Å². The van der Waals surface area contributed by atoms with Crippen LogP contribution >= 0.6 is 0 Å². The fourth-order valence-electron chi connectivity index (χ4n) is 4.08. The Bertz CT molecular complexity index is 1440. The summed E-state index contributed by atoms with van der Waals surface area (Å²) in [5, 5.41) is 4.59. The van der Waals surface area contributed by atoms with Crippen molar-refractivity contribution in [3.05, 3.63) is 96.6 Å². The van der Waals surface area contributed by atoms with Crippen LogP contribution in [0.3, 0.4) is 0 Å². The topological polar surface area (TPSA) is 87.7 Å². The van der Waals surface area contributed by atoms with E-state index < -0.39 is 10.0 Å². The Morgan fingerprint density at radius 3 is 2.23 bits per heavy atom. The number of hydrogen-bond donors (Lipinski definition) is 2. The number of amides is 1. The van der Waals surface area contributed by atoms with Crippen molar-refractivity contribution in [1.82, 2.24) is 0 Å². The van der Waals surface area contributed by atoms with E-state index in [1.807, 2.05) is 48.5 Å². The first kappa shape index (κ1) is 22.9. The molecule has 1 aliphatic rings. The zero-order valence-corrected chi connectivity index (χ0v) is 19.8. The number of anilines is 3. The van der Waals surface area contributed by atoms with E-state index in [-0.39, 0.29) is 10.8 Å². The van der Waals surface area contributed by atoms with Gasteiger partial charge in [-0.2, -0.15) is 0 Å². The molecule has 0 aromatic heterocycles. The van der Waals surface area contributed by atoms with Gasteiger partial charge in [0.05, 0.1) is 23.8 Å². The fraction of sp³-hybridized carbons (Fsp3) is 0.148. The molecule has 0 spiro atoms. The molecule has 0 saturated carbocycles. The van der Waals surface area contributed by atoms with Crippen molar-refractivity contribution in [2.45, 2.75) is 4.90 Å². The number of ether oxygens (including phenoxy) is 1. The van der Waals surface area contributed by atoms with Gasteiger partial charge in [0, 0.05) is 35.4 Å². The van der Waals surface area contributed by atoms with Crippen LogP contribution in [0, 0.1) is 0 Å². The lowest BCUT2D eigenvalue weighted by atomic mass is 10.1. The summed E-state index contributed by atoms with van der Waals surface area (Å²) in [6, 6.07) is 26.6. The number of morpholine rings is 1. The smallest absolute Gasteiger partial charge is 0.261 e. The lowest BCUT2D eigenvalue weighted by Crippen LogP contribution is -2.36. The highest BCUT2D eigenvalue weighted by Gasteiger charge is 2.16. The Morgan fingerprint density at radius 1 is 0.800 bits per heavy atom. The minimum absolute atomic E-state index is 0.110. The Kier molecular flexibility index (Phi) is 6.39. The quantitative estimate of drug-likeness (QED) is 0.411. The lowest BCUT2D eigenvalue weighted by molar-refractivity contribution is 0.102. The van der Waals surface area contributed by atoms with E-state index in [9.17, 15) is 13.2 Å². The summed E-state index contributed by atoms with van der Waals surface area (Å²) in [6.45, 7) is 3.06. The van der Waals surface area contributed by atoms with Crippen LogP contribution in [-0.2, 0) is 14.8 Å². The van der Waals surface area contributed by atoms with Crippen molar-refractivity contribution in [1.29, 1.82) is 0 Å². The van der Waals surface area contributed by atoms with Crippen LogP contribution in [0.4, 0.5) is 17.1 Å². The van der Waals surface area contributed by atoms with Gasteiger partial charge < -0.3 is 15.0 Å². The molecule has 0 radical (unpaired) electrons. The molecule has 0 unspecified atom stereocenters. The number of rotatable bonds is 6. The molecule has 4 aromatic rings. The fourth-order valence-corrected chi connectivity index (χ4v) is 5.16. The second kappa shape index (κ2) is 9.77. The van der Waals surface area contributed by atoms with Gasteiger partial charge in [0.15, 0.2) is 0 Å². The van der Waals surface area contributed by atoms with E-state index in [0.717, 1.165) is 29.5 Å². The standard InChI is InChI=1S/C27H25N3O4S/c31-27(21-8-12-23(13-9-21)30-16-18-34-19-17-30)28-22-10-14-24(15-11-22)35(32,33)29-26-7-3-5-20-4-1-2-6-25(20)26/h1-15,29H,16-19H2,(H,28,31). The largest absolute Gasteiger partial charge is 0.378 e. The SMILES string of the molecule is O=C(Nc1ccc(S(=O)(=O)Nc2cccc3ccccc23)cc1)c1ccc(N2CCOCC2)cc1. The molecule has 5 rings (SSSR count). The zero-order valence-electron chi connectivity index (χ0n) is 19.0. The molecule has 1 saturated heterocycles. The normalized spacial score (nSPS) is 14.0. The molecule has 35 heavy (non-hydrogen) atoms. The van der Waals surface area contributed by atoms with Gasteiger partial charge in [-0.25, -0.2) is 8.42 Å². The van der Waals surface area contributed by atoms with Crippen molar-refractivity contribution in [2.75, 3.05) is 41.2 Å². The maximum absolute atomic E-state index is 13.0. The van der Waals surface area contributed by atoms with Crippen molar-refractivity contribution >= 4 is 43.8 Å². The highest BCUT2D eigenvalue weighted by atomic mass is 32.2. The summed E-state index contributed by atoms with van der Waals surface area (Å²) < 4.78 is 34.0. The molecule has 0 bridgehead atoms. The number of benzene rings is 4. The van der Waals surface area contributed by atoms with Gasteiger partial charge in [0.1, 0.15) is 0 Å². The van der Waals surface area contributed by atoms with Gasteiger partial charge in [0.25, 0.3) is 15.9 Å². The van der Waals surface area contributed by atoms with Crippen LogP contribution in [-0.4, -0.2) is 40.6 Å². The molecule has 8 heteroatoms. The van der Waals surface area contributed by atoms with Crippen LogP contribution in [0.1, 0.15) is 10.4 Å². The van der Waals surface area contributed by atoms with Crippen LogP contribution in [0.25, 0.3) is 10.8 Å². The van der Waals surface area contributed by atoms with Crippen molar-refractivity contribution in [3.8, 4) is 0 Å². The molecule has 4 aromatic carbocycles.